The van der Waals surface area contributed by atoms with Crippen molar-refractivity contribution in [3.8, 4) is 0 Å². The number of aryl methyl sites for hydroxylation is 1. The van der Waals surface area contributed by atoms with Crippen LogP contribution in [0.5, 0.6) is 0 Å². The molecule has 1 aromatic carbocycles. The molecule has 2 rings (SSSR count). The lowest BCUT2D eigenvalue weighted by Crippen LogP contribution is -2.34. The van der Waals surface area contributed by atoms with E-state index in [0.717, 1.165) is 44.2 Å². The van der Waals surface area contributed by atoms with Crippen LogP contribution in [0.1, 0.15) is 48.5 Å². The summed E-state index contributed by atoms with van der Waals surface area (Å²) in [5, 5.41) is 3.04. The van der Waals surface area contributed by atoms with Gasteiger partial charge in [0.1, 0.15) is 0 Å². The van der Waals surface area contributed by atoms with E-state index in [1.807, 2.05) is 24.3 Å². The fraction of sp³-hybridized carbons (Fsp3) is 0.562. The molecule has 0 radical (unpaired) electrons. The molecule has 0 saturated heterocycles. The van der Waals surface area contributed by atoms with Crippen molar-refractivity contribution >= 4 is 5.91 Å². The lowest BCUT2D eigenvalue weighted by Gasteiger charge is -2.26. The van der Waals surface area contributed by atoms with E-state index in [1.54, 1.807) is 0 Å². The van der Waals surface area contributed by atoms with Crippen molar-refractivity contribution in [2.75, 3.05) is 6.54 Å². The summed E-state index contributed by atoms with van der Waals surface area (Å²) >= 11 is 0. The van der Waals surface area contributed by atoms with Crippen molar-refractivity contribution in [3.05, 3.63) is 35.4 Å². The van der Waals surface area contributed by atoms with Crippen LogP contribution in [0.3, 0.4) is 0 Å². The SMILES string of the molecule is CCc1ccc(C(=O)NCC2CCC(N)CC2)cc1. The molecular formula is C16H24N2O. The maximum Gasteiger partial charge on any atom is 0.251 e. The number of carbonyl (C=O) groups excluding carboxylic acids is 1. The predicted octanol–water partition coefficient (Wildman–Crippen LogP) is 2.50. The molecule has 0 atom stereocenters. The van der Waals surface area contributed by atoms with Gasteiger partial charge in [-0.05, 0) is 55.7 Å². The first kappa shape index (κ1) is 14.1. The third-order valence-electron chi connectivity index (χ3n) is 4.07. The lowest BCUT2D eigenvalue weighted by molar-refractivity contribution is 0.0943. The molecule has 3 N–H and O–H groups in total. The first-order valence-corrected chi connectivity index (χ1v) is 7.31. The zero-order chi connectivity index (χ0) is 13.7. The standard InChI is InChI=1S/C16H24N2O/c1-2-12-3-7-14(8-4-12)16(19)18-11-13-5-9-15(17)10-6-13/h3-4,7-8,13,15H,2,5-6,9-11,17H2,1H3,(H,18,19). The maximum atomic E-state index is 12.0. The number of rotatable bonds is 4. The Morgan fingerprint density at radius 3 is 2.42 bits per heavy atom. The molecule has 19 heavy (non-hydrogen) atoms. The van der Waals surface area contributed by atoms with Gasteiger partial charge in [0, 0.05) is 18.2 Å². The topological polar surface area (TPSA) is 55.1 Å². The number of amides is 1. The Balaban J connectivity index is 1.80. The smallest absolute Gasteiger partial charge is 0.251 e. The monoisotopic (exact) mass is 260 g/mol. The first-order chi connectivity index (χ1) is 9.19. The number of nitrogens with two attached hydrogens (primary N) is 1. The highest BCUT2D eigenvalue weighted by molar-refractivity contribution is 5.94. The van der Waals surface area contributed by atoms with Gasteiger partial charge in [0.05, 0.1) is 0 Å². The molecule has 3 heteroatoms. The molecule has 0 unspecified atom stereocenters. The van der Waals surface area contributed by atoms with E-state index in [4.69, 9.17) is 5.73 Å². The van der Waals surface area contributed by atoms with Crippen LogP contribution in [0.25, 0.3) is 0 Å². The average molecular weight is 260 g/mol. The molecule has 1 saturated carbocycles. The van der Waals surface area contributed by atoms with E-state index in [0.29, 0.717) is 12.0 Å². The highest BCUT2D eigenvalue weighted by Crippen LogP contribution is 2.22. The molecule has 1 aliphatic rings. The molecule has 0 heterocycles. The van der Waals surface area contributed by atoms with Gasteiger partial charge in [0.15, 0.2) is 0 Å². The van der Waals surface area contributed by atoms with Crippen molar-refractivity contribution < 1.29 is 4.79 Å². The quantitative estimate of drug-likeness (QED) is 0.874. The number of carbonyl (C=O) groups is 1. The van der Waals surface area contributed by atoms with E-state index >= 15 is 0 Å². The van der Waals surface area contributed by atoms with E-state index in [2.05, 4.69) is 12.2 Å². The second-order valence-corrected chi connectivity index (χ2v) is 5.54. The predicted molar refractivity (Wildman–Crippen MR) is 78.1 cm³/mol. The van der Waals surface area contributed by atoms with Crippen molar-refractivity contribution in [2.45, 2.75) is 45.1 Å². The summed E-state index contributed by atoms with van der Waals surface area (Å²) in [7, 11) is 0. The number of benzene rings is 1. The molecule has 3 nitrogen and oxygen atoms in total. The average Bonchev–Trinajstić information content (AvgIpc) is 2.46. The molecule has 0 spiro atoms. The van der Waals surface area contributed by atoms with Crippen molar-refractivity contribution in [1.82, 2.24) is 5.32 Å². The molecule has 1 fully saturated rings. The van der Waals surface area contributed by atoms with Crippen molar-refractivity contribution in [2.24, 2.45) is 11.7 Å². The summed E-state index contributed by atoms with van der Waals surface area (Å²) in [6.45, 7) is 2.89. The zero-order valence-electron chi connectivity index (χ0n) is 11.7. The van der Waals surface area contributed by atoms with Gasteiger partial charge in [-0.2, -0.15) is 0 Å². The largest absolute Gasteiger partial charge is 0.352 e. The van der Waals surface area contributed by atoms with Crippen LogP contribution in [0.15, 0.2) is 24.3 Å². The Morgan fingerprint density at radius 1 is 1.21 bits per heavy atom. The number of hydrogen-bond donors (Lipinski definition) is 2. The highest BCUT2D eigenvalue weighted by atomic mass is 16.1. The van der Waals surface area contributed by atoms with Gasteiger partial charge in [-0.25, -0.2) is 0 Å². The molecule has 104 valence electrons. The van der Waals surface area contributed by atoms with Gasteiger partial charge >= 0.3 is 0 Å². The lowest BCUT2D eigenvalue weighted by atomic mass is 9.86. The Bertz CT molecular complexity index is 405. The molecule has 1 aliphatic carbocycles. The summed E-state index contributed by atoms with van der Waals surface area (Å²) in [6, 6.07) is 8.23. The van der Waals surface area contributed by atoms with Crippen molar-refractivity contribution in [3.63, 3.8) is 0 Å². The summed E-state index contributed by atoms with van der Waals surface area (Å²) < 4.78 is 0. The molecule has 0 aliphatic heterocycles. The Hall–Kier alpha value is -1.35. The Labute approximate surface area is 115 Å². The second kappa shape index (κ2) is 6.71. The van der Waals surface area contributed by atoms with Gasteiger partial charge in [-0.15, -0.1) is 0 Å². The first-order valence-electron chi connectivity index (χ1n) is 7.31. The van der Waals surface area contributed by atoms with Crippen LogP contribution >= 0.6 is 0 Å². The van der Waals surface area contributed by atoms with Crippen LogP contribution in [-0.2, 0) is 6.42 Å². The fourth-order valence-electron chi connectivity index (χ4n) is 2.62. The summed E-state index contributed by atoms with van der Waals surface area (Å²) in [6.07, 6.45) is 5.45. The van der Waals surface area contributed by atoms with E-state index in [9.17, 15) is 4.79 Å². The molecule has 1 amide bonds. The highest BCUT2D eigenvalue weighted by Gasteiger charge is 2.19. The summed E-state index contributed by atoms with van der Waals surface area (Å²) in [5.41, 5.74) is 7.90. The minimum atomic E-state index is 0.0394. The maximum absolute atomic E-state index is 12.0. The van der Waals surface area contributed by atoms with Gasteiger partial charge in [-0.1, -0.05) is 19.1 Å². The van der Waals surface area contributed by atoms with Crippen LogP contribution in [0, 0.1) is 5.92 Å². The van der Waals surface area contributed by atoms with E-state index in [1.165, 1.54) is 5.56 Å². The number of nitrogens with one attached hydrogen (secondary N) is 1. The van der Waals surface area contributed by atoms with Gasteiger partial charge < -0.3 is 11.1 Å². The summed E-state index contributed by atoms with van der Waals surface area (Å²) in [5.74, 6) is 0.635. The normalized spacial score (nSPS) is 23.1. The second-order valence-electron chi connectivity index (χ2n) is 5.54. The Kier molecular flexibility index (Phi) is 4.97. The van der Waals surface area contributed by atoms with Crippen molar-refractivity contribution in [1.29, 1.82) is 0 Å². The van der Waals surface area contributed by atoms with E-state index in [-0.39, 0.29) is 5.91 Å². The molecule has 1 aromatic rings. The van der Waals surface area contributed by atoms with Gasteiger partial charge in [-0.3, -0.25) is 4.79 Å². The van der Waals surface area contributed by atoms with E-state index < -0.39 is 0 Å². The third-order valence-corrected chi connectivity index (χ3v) is 4.07. The van der Waals surface area contributed by atoms with Crippen LogP contribution in [-0.4, -0.2) is 18.5 Å². The summed E-state index contributed by atoms with van der Waals surface area (Å²) in [4.78, 5) is 12.0. The minimum Gasteiger partial charge on any atom is -0.352 e. The fourth-order valence-corrected chi connectivity index (χ4v) is 2.62. The van der Waals surface area contributed by atoms with Crippen LogP contribution in [0.4, 0.5) is 0 Å². The molecule has 0 bridgehead atoms. The number of hydrogen-bond acceptors (Lipinski definition) is 2. The zero-order valence-corrected chi connectivity index (χ0v) is 11.7. The van der Waals surface area contributed by atoms with Crippen LogP contribution in [0.2, 0.25) is 0 Å². The van der Waals surface area contributed by atoms with Gasteiger partial charge in [0.2, 0.25) is 0 Å². The third kappa shape index (κ3) is 4.06. The molecular weight excluding hydrogens is 236 g/mol. The van der Waals surface area contributed by atoms with Gasteiger partial charge in [0.25, 0.3) is 5.91 Å². The Morgan fingerprint density at radius 2 is 1.84 bits per heavy atom. The molecule has 0 aromatic heterocycles. The van der Waals surface area contributed by atoms with Crippen LogP contribution < -0.4 is 11.1 Å². The minimum absolute atomic E-state index is 0.0394.